The lowest BCUT2D eigenvalue weighted by molar-refractivity contribution is -0.170. The van der Waals surface area contributed by atoms with E-state index in [2.05, 4.69) is 19.9 Å². The Morgan fingerprint density at radius 2 is 1.36 bits per heavy atom. The van der Waals surface area contributed by atoms with Gasteiger partial charge in [-0.15, -0.1) is 0 Å². The van der Waals surface area contributed by atoms with E-state index in [1.807, 2.05) is 0 Å². The number of ether oxygens (including phenoxy) is 2. The number of nitriles is 1. The van der Waals surface area contributed by atoms with E-state index in [1.54, 1.807) is 0 Å². The van der Waals surface area contributed by atoms with Gasteiger partial charge < -0.3 is 9.47 Å². The monoisotopic (exact) mass is 459 g/mol. The fourth-order valence-electron chi connectivity index (χ4n) is 7.16. The Labute approximate surface area is 205 Å². The minimum absolute atomic E-state index is 0.181. The maximum Gasteiger partial charge on any atom is 0.168 e. The Bertz CT molecular complexity index is 548. The maximum atomic E-state index is 9.98. The molecule has 3 aliphatic rings. The van der Waals surface area contributed by atoms with E-state index in [4.69, 9.17) is 9.47 Å². The third-order valence-electron chi connectivity index (χ3n) is 9.39. The number of hydrogen-bond donors (Lipinski definition) is 0. The van der Waals surface area contributed by atoms with Gasteiger partial charge in [0, 0.05) is 18.8 Å². The molecule has 0 aromatic carbocycles. The van der Waals surface area contributed by atoms with Crippen molar-refractivity contribution in [1.82, 2.24) is 0 Å². The van der Waals surface area contributed by atoms with Crippen molar-refractivity contribution in [2.45, 2.75) is 142 Å². The lowest BCUT2D eigenvalue weighted by Gasteiger charge is -2.39. The van der Waals surface area contributed by atoms with Gasteiger partial charge in [0.1, 0.15) is 0 Å². The summed E-state index contributed by atoms with van der Waals surface area (Å²) in [5.41, 5.74) is 0. The molecule has 190 valence electrons. The first-order chi connectivity index (χ1) is 16.2. The van der Waals surface area contributed by atoms with Crippen LogP contribution < -0.4 is 0 Å². The molecule has 1 atom stereocenters. The molecule has 33 heavy (non-hydrogen) atoms. The van der Waals surface area contributed by atoms with Gasteiger partial charge in [-0.2, -0.15) is 5.26 Å². The SMILES string of the molecule is CCCCCCC1(CCC(C#N)C2CCC(C3CCC(CCCCC)CC3)CC2)OCCO1. The molecule has 0 bridgehead atoms. The molecule has 2 saturated carbocycles. The van der Waals surface area contributed by atoms with Crippen molar-refractivity contribution in [3.63, 3.8) is 0 Å². The van der Waals surface area contributed by atoms with Gasteiger partial charge in [0.05, 0.1) is 19.3 Å². The van der Waals surface area contributed by atoms with Crippen LogP contribution in [-0.2, 0) is 9.47 Å². The Balaban J connectivity index is 1.38. The average Bonchev–Trinajstić information content (AvgIpc) is 3.32. The molecule has 1 unspecified atom stereocenters. The standard InChI is InChI=1S/C30H53NO2/c1-3-5-7-9-20-30(32-22-23-33-30)21-19-29(24-31)28-17-15-27(16-18-28)26-13-11-25(12-14-26)10-8-6-4-2/h25-29H,3-23H2,1-2H3. The second-order valence-corrected chi connectivity index (χ2v) is 11.6. The van der Waals surface area contributed by atoms with Crippen LogP contribution in [-0.4, -0.2) is 19.0 Å². The van der Waals surface area contributed by atoms with E-state index < -0.39 is 5.79 Å². The van der Waals surface area contributed by atoms with Crippen molar-refractivity contribution >= 4 is 0 Å². The van der Waals surface area contributed by atoms with Crippen LogP contribution in [0.1, 0.15) is 136 Å². The first-order valence-corrected chi connectivity index (χ1v) is 14.9. The second-order valence-electron chi connectivity index (χ2n) is 11.6. The lowest BCUT2D eigenvalue weighted by Crippen LogP contribution is -2.32. The highest BCUT2D eigenvalue weighted by molar-refractivity contribution is 4.93. The summed E-state index contributed by atoms with van der Waals surface area (Å²) in [6.07, 6.45) is 24.7. The van der Waals surface area contributed by atoms with Crippen LogP contribution >= 0.6 is 0 Å². The minimum Gasteiger partial charge on any atom is -0.348 e. The van der Waals surface area contributed by atoms with Crippen LogP contribution in [0.5, 0.6) is 0 Å². The van der Waals surface area contributed by atoms with Gasteiger partial charge >= 0.3 is 0 Å². The summed E-state index contributed by atoms with van der Waals surface area (Å²) in [6, 6.07) is 2.70. The molecule has 0 amide bonds. The number of hydrogen-bond acceptors (Lipinski definition) is 3. The largest absolute Gasteiger partial charge is 0.348 e. The summed E-state index contributed by atoms with van der Waals surface area (Å²) in [5.74, 6) is 3.30. The van der Waals surface area contributed by atoms with E-state index in [0.717, 1.165) is 50.2 Å². The van der Waals surface area contributed by atoms with Crippen LogP contribution in [0.25, 0.3) is 0 Å². The topological polar surface area (TPSA) is 42.2 Å². The molecule has 2 aliphatic carbocycles. The van der Waals surface area contributed by atoms with Gasteiger partial charge in [0.2, 0.25) is 0 Å². The van der Waals surface area contributed by atoms with Crippen molar-refractivity contribution in [2.75, 3.05) is 13.2 Å². The Kier molecular flexibility index (Phi) is 12.1. The van der Waals surface area contributed by atoms with E-state index in [9.17, 15) is 5.26 Å². The van der Waals surface area contributed by atoms with Crippen LogP contribution in [0.4, 0.5) is 0 Å². The number of rotatable bonds is 14. The van der Waals surface area contributed by atoms with E-state index >= 15 is 0 Å². The van der Waals surface area contributed by atoms with Crippen molar-refractivity contribution in [2.24, 2.45) is 29.6 Å². The third-order valence-corrected chi connectivity index (χ3v) is 9.39. The molecule has 1 saturated heterocycles. The first-order valence-electron chi connectivity index (χ1n) is 14.9. The molecule has 0 radical (unpaired) electrons. The van der Waals surface area contributed by atoms with Gasteiger partial charge in [0.15, 0.2) is 5.79 Å². The van der Waals surface area contributed by atoms with Crippen LogP contribution in [0.2, 0.25) is 0 Å². The van der Waals surface area contributed by atoms with Gasteiger partial charge in [-0.05, 0) is 75.0 Å². The van der Waals surface area contributed by atoms with Crippen LogP contribution in [0.15, 0.2) is 0 Å². The van der Waals surface area contributed by atoms with Gasteiger partial charge in [-0.25, -0.2) is 0 Å². The van der Waals surface area contributed by atoms with Crippen molar-refractivity contribution in [3.05, 3.63) is 0 Å². The van der Waals surface area contributed by atoms with Crippen molar-refractivity contribution in [3.8, 4) is 6.07 Å². The lowest BCUT2D eigenvalue weighted by atomic mass is 9.66. The second kappa shape index (κ2) is 14.7. The molecular weight excluding hydrogens is 406 g/mol. The van der Waals surface area contributed by atoms with Gasteiger partial charge in [-0.1, -0.05) is 71.6 Å². The molecule has 3 rings (SSSR count). The zero-order valence-electron chi connectivity index (χ0n) is 22.0. The van der Waals surface area contributed by atoms with Crippen molar-refractivity contribution in [1.29, 1.82) is 5.26 Å². The predicted octanol–water partition coefficient (Wildman–Crippen LogP) is 8.81. The van der Waals surface area contributed by atoms with E-state index in [0.29, 0.717) is 5.92 Å². The number of nitrogens with zero attached hydrogens (tertiary/aromatic N) is 1. The zero-order valence-corrected chi connectivity index (χ0v) is 22.0. The zero-order chi connectivity index (χ0) is 23.4. The molecule has 3 nitrogen and oxygen atoms in total. The molecule has 0 spiro atoms. The molecular formula is C30H53NO2. The maximum absolute atomic E-state index is 9.98. The Morgan fingerprint density at radius 1 is 0.758 bits per heavy atom. The molecule has 3 heteroatoms. The normalized spacial score (nSPS) is 30.7. The summed E-state index contributed by atoms with van der Waals surface area (Å²) >= 11 is 0. The highest BCUT2D eigenvalue weighted by Gasteiger charge is 2.38. The highest BCUT2D eigenvalue weighted by atomic mass is 16.7. The summed E-state index contributed by atoms with van der Waals surface area (Å²) in [6.45, 7) is 6.01. The van der Waals surface area contributed by atoms with Crippen molar-refractivity contribution < 1.29 is 9.47 Å². The summed E-state index contributed by atoms with van der Waals surface area (Å²) in [4.78, 5) is 0. The first kappa shape index (κ1) is 27.0. The molecule has 0 N–H and O–H groups in total. The fourth-order valence-corrected chi connectivity index (χ4v) is 7.16. The fraction of sp³-hybridized carbons (Fsp3) is 0.967. The summed E-state index contributed by atoms with van der Waals surface area (Å²) < 4.78 is 12.2. The van der Waals surface area contributed by atoms with Gasteiger partial charge in [0.25, 0.3) is 0 Å². The molecule has 3 fully saturated rings. The molecule has 1 aliphatic heterocycles. The minimum atomic E-state index is -0.393. The van der Waals surface area contributed by atoms with Gasteiger partial charge in [-0.3, -0.25) is 0 Å². The molecule has 1 heterocycles. The predicted molar refractivity (Wildman–Crippen MR) is 137 cm³/mol. The molecule has 0 aromatic heterocycles. The van der Waals surface area contributed by atoms with Crippen LogP contribution in [0, 0.1) is 40.9 Å². The highest BCUT2D eigenvalue weighted by Crippen LogP contribution is 2.45. The summed E-state index contributed by atoms with van der Waals surface area (Å²) in [5, 5.41) is 9.98. The summed E-state index contributed by atoms with van der Waals surface area (Å²) in [7, 11) is 0. The molecule has 0 aromatic rings. The average molecular weight is 460 g/mol. The number of unbranched alkanes of at least 4 members (excludes halogenated alkanes) is 5. The van der Waals surface area contributed by atoms with E-state index in [1.165, 1.54) is 103 Å². The third kappa shape index (κ3) is 8.54. The van der Waals surface area contributed by atoms with E-state index in [-0.39, 0.29) is 5.92 Å². The smallest absolute Gasteiger partial charge is 0.168 e. The quantitative estimate of drug-likeness (QED) is 0.244. The Hall–Kier alpha value is -0.590. The Morgan fingerprint density at radius 3 is 1.97 bits per heavy atom. The van der Waals surface area contributed by atoms with Crippen LogP contribution in [0.3, 0.4) is 0 Å².